The predicted molar refractivity (Wildman–Crippen MR) is 122 cm³/mol. The van der Waals surface area contributed by atoms with E-state index in [9.17, 15) is 4.79 Å². The first kappa shape index (κ1) is 20.7. The Balaban J connectivity index is 1.71. The smallest absolute Gasteiger partial charge is 0.228 e. The highest BCUT2D eigenvalue weighted by atomic mass is 16.5. The van der Waals surface area contributed by atoms with Gasteiger partial charge in [-0.2, -0.15) is 0 Å². The van der Waals surface area contributed by atoms with Crippen molar-refractivity contribution >= 4 is 11.4 Å². The van der Waals surface area contributed by atoms with Gasteiger partial charge < -0.3 is 14.2 Å². The molecule has 5 rings (SSSR count). The molecule has 0 N–H and O–H groups in total. The third kappa shape index (κ3) is 3.49. The van der Waals surface area contributed by atoms with Crippen molar-refractivity contribution in [2.45, 2.75) is 19.8 Å². The molecule has 8 heteroatoms. The molecule has 0 saturated heterocycles. The number of rotatable bonds is 5. The molecule has 2 aromatic carbocycles. The fourth-order valence-electron chi connectivity index (χ4n) is 4.18. The molecule has 4 aromatic rings. The van der Waals surface area contributed by atoms with Gasteiger partial charge in [-0.1, -0.05) is 12.1 Å². The molecule has 0 aliphatic carbocycles. The van der Waals surface area contributed by atoms with Crippen LogP contribution < -0.4 is 14.2 Å². The Morgan fingerprint density at radius 1 is 1.00 bits per heavy atom. The Hall–Kier alpha value is -4.20. The molecule has 0 fully saturated rings. The Labute approximate surface area is 190 Å². The molecular weight excluding hydrogens is 420 g/mol. The van der Waals surface area contributed by atoms with E-state index in [1.54, 1.807) is 38.9 Å². The Morgan fingerprint density at radius 2 is 1.64 bits per heavy atom. The van der Waals surface area contributed by atoms with Crippen molar-refractivity contribution in [3.63, 3.8) is 0 Å². The van der Waals surface area contributed by atoms with Crippen LogP contribution in [0.2, 0.25) is 0 Å². The van der Waals surface area contributed by atoms with Crippen LogP contribution in [0.1, 0.15) is 30.9 Å². The monoisotopic (exact) mass is 442 g/mol. The zero-order valence-electron chi connectivity index (χ0n) is 18.7. The van der Waals surface area contributed by atoms with E-state index >= 15 is 0 Å². The van der Waals surface area contributed by atoms with Gasteiger partial charge in [-0.15, -0.1) is 5.10 Å². The van der Waals surface area contributed by atoms with Crippen LogP contribution in [0, 0.1) is 0 Å². The van der Waals surface area contributed by atoms with E-state index in [1.165, 1.54) is 0 Å². The van der Waals surface area contributed by atoms with Gasteiger partial charge in [-0.3, -0.25) is 4.79 Å². The van der Waals surface area contributed by atoms with Crippen LogP contribution in [0.3, 0.4) is 0 Å². The van der Waals surface area contributed by atoms with Gasteiger partial charge in [-0.25, -0.2) is 14.5 Å². The topological polar surface area (TPSA) is 87.8 Å². The zero-order valence-corrected chi connectivity index (χ0v) is 18.7. The summed E-state index contributed by atoms with van der Waals surface area (Å²) in [5, 5.41) is 4.62. The van der Waals surface area contributed by atoms with Crippen LogP contribution in [0.4, 0.5) is 0 Å². The number of aromatic nitrogens is 4. The molecule has 166 valence electrons. The first-order valence-corrected chi connectivity index (χ1v) is 10.4. The normalized spacial score (nSPS) is 15.2. The number of benzene rings is 2. The highest BCUT2D eigenvalue weighted by molar-refractivity contribution is 5.97. The number of carbonyl (C=O) groups excluding carboxylic acids is 1. The third-order valence-electron chi connectivity index (χ3n) is 5.77. The summed E-state index contributed by atoms with van der Waals surface area (Å²) < 4.78 is 18.2. The van der Waals surface area contributed by atoms with Crippen molar-refractivity contribution in [2.24, 2.45) is 0 Å². The van der Waals surface area contributed by atoms with Crippen molar-refractivity contribution in [3.05, 3.63) is 77.3 Å². The molecule has 1 aliphatic heterocycles. The Kier molecular flexibility index (Phi) is 5.05. The Morgan fingerprint density at radius 3 is 2.24 bits per heavy atom. The van der Waals surface area contributed by atoms with E-state index in [4.69, 9.17) is 19.2 Å². The standard InChI is InChI=1S/C25H22N4O4/c1-14(30)20-15(2)33-25-22(21(20)16-5-9-18(31-3)10-6-16)24-27-23(28-29(24)13-26-25)17-7-11-19(32-4)12-8-17/h5-13,21H,1-4H3. The number of carbonyl (C=O) groups is 1. The first-order valence-electron chi connectivity index (χ1n) is 10.4. The summed E-state index contributed by atoms with van der Waals surface area (Å²) in [5.41, 5.74) is 3.60. The van der Waals surface area contributed by atoms with Crippen molar-refractivity contribution < 1.29 is 19.0 Å². The van der Waals surface area contributed by atoms with E-state index in [2.05, 4.69) is 10.1 Å². The van der Waals surface area contributed by atoms with Gasteiger partial charge >= 0.3 is 0 Å². The van der Waals surface area contributed by atoms with Crippen LogP contribution in [0.25, 0.3) is 17.0 Å². The number of hydrogen-bond donors (Lipinski definition) is 0. The van der Waals surface area contributed by atoms with Crippen molar-refractivity contribution in [2.75, 3.05) is 14.2 Å². The van der Waals surface area contributed by atoms with E-state index < -0.39 is 5.92 Å². The largest absolute Gasteiger partial charge is 0.497 e. The van der Waals surface area contributed by atoms with Crippen molar-refractivity contribution in [1.82, 2.24) is 19.6 Å². The average Bonchev–Trinajstić information content (AvgIpc) is 3.27. The molecule has 0 saturated carbocycles. The molecule has 8 nitrogen and oxygen atoms in total. The van der Waals surface area contributed by atoms with Gasteiger partial charge in [0.25, 0.3) is 0 Å². The molecule has 0 amide bonds. The van der Waals surface area contributed by atoms with Crippen LogP contribution >= 0.6 is 0 Å². The first-order chi connectivity index (χ1) is 16.0. The highest BCUT2D eigenvalue weighted by Crippen LogP contribution is 2.44. The summed E-state index contributed by atoms with van der Waals surface area (Å²) in [6.45, 7) is 3.33. The van der Waals surface area contributed by atoms with Gasteiger partial charge in [0.15, 0.2) is 17.3 Å². The molecule has 0 bridgehead atoms. The lowest BCUT2D eigenvalue weighted by Crippen LogP contribution is -2.22. The SMILES string of the molecule is COc1ccc(-c2nc3c4c(ncn3n2)OC(C)=C(C(C)=O)C4c2ccc(OC)cc2)cc1. The molecule has 3 heterocycles. The number of hydrogen-bond acceptors (Lipinski definition) is 7. The number of ketones is 1. The van der Waals surface area contributed by atoms with Crippen LogP contribution in [-0.2, 0) is 4.79 Å². The summed E-state index contributed by atoms with van der Waals surface area (Å²) in [6, 6.07) is 15.1. The van der Waals surface area contributed by atoms with Crippen LogP contribution in [-0.4, -0.2) is 39.6 Å². The van der Waals surface area contributed by atoms with Crippen molar-refractivity contribution in [3.8, 4) is 28.8 Å². The maximum absolute atomic E-state index is 12.7. The molecule has 2 aromatic heterocycles. The lowest BCUT2D eigenvalue weighted by Gasteiger charge is -2.28. The van der Waals surface area contributed by atoms with Crippen LogP contribution in [0.15, 0.2) is 66.2 Å². The quantitative estimate of drug-likeness (QED) is 0.458. The fraction of sp³-hybridized carbons (Fsp3) is 0.200. The molecule has 0 radical (unpaired) electrons. The second kappa shape index (κ2) is 8.05. The van der Waals surface area contributed by atoms with Crippen molar-refractivity contribution in [1.29, 1.82) is 0 Å². The molecule has 1 unspecified atom stereocenters. The number of methoxy groups -OCH3 is 2. The molecule has 0 spiro atoms. The number of nitrogens with zero attached hydrogens (tertiary/aromatic N) is 4. The average molecular weight is 442 g/mol. The van der Waals surface area contributed by atoms with Gasteiger partial charge in [0.1, 0.15) is 23.6 Å². The highest BCUT2D eigenvalue weighted by Gasteiger charge is 2.36. The maximum atomic E-state index is 12.7. The zero-order chi connectivity index (χ0) is 23.1. The summed E-state index contributed by atoms with van der Waals surface area (Å²) >= 11 is 0. The Bertz CT molecular complexity index is 1390. The molecule has 1 aliphatic rings. The summed E-state index contributed by atoms with van der Waals surface area (Å²) in [6.07, 6.45) is 1.57. The lowest BCUT2D eigenvalue weighted by atomic mass is 9.82. The predicted octanol–water partition coefficient (Wildman–Crippen LogP) is 4.20. The number of allylic oxidation sites excluding steroid dienone is 2. The second-order valence-electron chi connectivity index (χ2n) is 7.73. The molecule has 33 heavy (non-hydrogen) atoms. The van der Waals surface area contributed by atoms with E-state index in [-0.39, 0.29) is 5.78 Å². The minimum atomic E-state index is -0.402. The number of Topliss-reactive ketones (excluding diaryl/α,β-unsaturated/α-hetero) is 1. The van der Waals surface area contributed by atoms with E-state index in [0.29, 0.717) is 34.2 Å². The van der Waals surface area contributed by atoms with Gasteiger partial charge in [0, 0.05) is 17.1 Å². The summed E-state index contributed by atoms with van der Waals surface area (Å²) in [7, 11) is 3.24. The van der Waals surface area contributed by atoms with Gasteiger partial charge in [-0.05, 0) is 55.8 Å². The van der Waals surface area contributed by atoms with Gasteiger partial charge in [0.2, 0.25) is 5.88 Å². The third-order valence-corrected chi connectivity index (χ3v) is 5.77. The minimum Gasteiger partial charge on any atom is -0.497 e. The second-order valence-corrected chi connectivity index (χ2v) is 7.73. The minimum absolute atomic E-state index is 0.0733. The van der Waals surface area contributed by atoms with Crippen LogP contribution in [0.5, 0.6) is 17.4 Å². The maximum Gasteiger partial charge on any atom is 0.228 e. The number of fused-ring (bicyclic) bond motifs is 3. The van der Waals surface area contributed by atoms with Gasteiger partial charge in [0.05, 0.1) is 19.8 Å². The fourth-order valence-corrected chi connectivity index (χ4v) is 4.18. The van der Waals surface area contributed by atoms with E-state index in [1.807, 2.05) is 48.5 Å². The molecular formula is C25H22N4O4. The summed E-state index contributed by atoms with van der Waals surface area (Å²) in [4.78, 5) is 22.0. The lowest BCUT2D eigenvalue weighted by molar-refractivity contribution is -0.114. The number of ether oxygens (including phenoxy) is 3. The molecule has 1 atom stereocenters. The summed E-state index contributed by atoms with van der Waals surface area (Å²) in [5.74, 6) is 2.49. The van der Waals surface area contributed by atoms with E-state index in [0.717, 1.165) is 22.6 Å².